The Labute approximate surface area is 169 Å². The number of H-pyrrole nitrogens is 1. The van der Waals surface area contributed by atoms with Crippen molar-refractivity contribution in [1.82, 2.24) is 20.3 Å². The molecule has 1 aliphatic rings. The number of amides is 1. The quantitative estimate of drug-likeness (QED) is 0.610. The van der Waals surface area contributed by atoms with Gasteiger partial charge in [-0.25, -0.2) is 4.98 Å². The van der Waals surface area contributed by atoms with Crippen molar-refractivity contribution in [3.63, 3.8) is 0 Å². The van der Waals surface area contributed by atoms with Gasteiger partial charge in [0.1, 0.15) is 0 Å². The van der Waals surface area contributed by atoms with E-state index in [0.717, 1.165) is 33.9 Å². The van der Waals surface area contributed by atoms with Crippen LogP contribution in [0.1, 0.15) is 49.0 Å². The molecule has 0 saturated heterocycles. The molecule has 2 aromatic heterocycles. The maximum absolute atomic E-state index is 12.6. The zero-order valence-corrected chi connectivity index (χ0v) is 17.1. The van der Waals surface area contributed by atoms with Gasteiger partial charge in [0.25, 0.3) is 5.91 Å². The summed E-state index contributed by atoms with van der Waals surface area (Å²) in [4.78, 5) is 24.5. The molecule has 0 aliphatic heterocycles. The topological polar surface area (TPSA) is 70.7 Å². The summed E-state index contributed by atoms with van der Waals surface area (Å²) in [7, 11) is 0. The van der Waals surface area contributed by atoms with Crippen LogP contribution < -0.4 is 5.32 Å². The van der Waals surface area contributed by atoms with Crippen LogP contribution in [0.15, 0.2) is 47.9 Å². The minimum atomic E-state index is 0.0370. The molecule has 1 aromatic carbocycles. The fraction of sp³-hybridized carbons (Fsp3) is 0.409. The summed E-state index contributed by atoms with van der Waals surface area (Å²) in [6.07, 6.45) is 7.08. The summed E-state index contributed by atoms with van der Waals surface area (Å²) < 4.78 is 0. The molecule has 1 aliphatic carbocycles. The summed E-state index contributed by atoms with van der Waals surface area (Å²) in [6, 6.07) is 10.1. The van der Waals surface area contributed by atoms with Gasteiger partial charge in [0.2, 0.25) is 0 Å². The minimum absolute atomic E-state index is 0.0370. The van der Waals surface area contributed by atoms with E-state index in [9.17, 15) is 4.79 Å². The number of nitrogens with one attached hydrogen (secondary N) is 2. The number of rotatable bonds is 5. The number of hydrogen-bond donors (Lipinski definition) is 2. The number of aromatic amines is 1. The van der Waals surface area contributed by atoms with E-state index < -0.39 is 0 Å². The van der Waals surface area contributed by atoms with E-state index in [1.165, 1.54) is 18.4 Å². The molecule has 1 saturated carbocycles. The molecule has 5 nitrogen and oxygen atoms in total. The first-order valence-electron chi connectivity index (χ1n) is 9.92. The average molecular weight is 395 g/mol. The van der Waals surface area contributed by atoms with E-state index in [2.05, 4.69) is 34.1 Å². The van der Waals surface area contributed by atoms with Gasteiger partial charge in [0, 0.05) is 23.6 Å². The number of imidazole rings is 1. The molecule has 28 heavy (non-hydrogen) atoms. The van der Waals surface area contributed by atoms with Crippen molar-refractivity contribution in [2.24, 2.45) is 11.8 Å². The normalized spacial score (nSPS) is 22.3. The predicted molar refractivity (Wildman–Crippen MR) is 113 cm³/mol. The van der Waals surface area contributed by atoms with Crippen LogP contribution in [0, 0.1) is 11.8 Å². The zero-order valence-electron chi connectivity index (χ0n) is 16.3. The average Bonchev–Trinajstić information content (AvgIpc) is 3.13. The van der Waals surface area contributed by atoms with Crippen molar-refractivity contribution in [2.45, 2.75) is 50.1 Å². The van der Waals surface area contributed by atoms with Crippen LogP contribution >= 0.6 is 11.8 Å². The number of hydrogen-bond acceptors (Lipinski definition) is 4. The van der Waals surface area contributed by atoms with Gasteiger partial charge < -0.3 is 10.3 Å². The third-order valence-corrected chi connectivity index (χ3v) is 6.82. The molecule has 4 rings (SSSR count). The SMILES string of the molecule is C[C@H]1[C@H](C)CCC[C@@H]1NC(=O)c1ccc(CSc2nc3ccncc3[nH]2)cc1. The lowest BCUT2D eigenvalue weighted by atomic mass is 9.78. The van der Waals surface area contributed by atoms with Crippen molar-refractivity contribution < 1.29 is 4.79 Å². The van der Waals surface area contributed by atoms with Crippen LogP contribution in [0.25, 0.3) is 11.0 Å². The molecule has 0 unspecified atom stereocenters. The summed E-state index contributed by atoms with van der Waals surface area (Å²) in [5, 5.41) is 4.12. The monoisotopic (exact) mass is 394 g/mol. The zero-order chi connectivity index (χ0) is 19.5. The van der Waals surface area contributed by atoms with Crippen LogP contribution in [0.4, 0.5) is 0 Å². The van der Waals surface area contributed by atoms with Crippen LogP contribution in [0.5, 0.6) is 0 Å². The fourth-order valence-corrected chi connectivity index (χ4v) is 4.68. The lowest BCUT2D eigenvalue weighted by Crippen LogP contribution is -2.43. The van der Waals surface area contributed by atoms with Gasteiger partial charge in [-0.05, 0) is 42.0 Å². The number of thioether (sulfide) groups is 1. The number of fused-ring (bicyclic) bond motifs is 1. The van der Waals surface area contributed by atoms with Gasteiger partial charge in [-0.3, -0.25) is 9.78 Å². The molecule has 3 aromatic rings. The van der Waals surface area contributed by atoms with Gasteiger partial charge >= 0.3 is 0 Å². The number of carbonyl (C=O) groups is 1. The van der Waals surface area contributed by atoms with Gasteiger partial charge in [-0.1, -0.05) is 50.6 Å². The van der Waals surface area contributed by atoms with Crippen LogP contribution in [0.3, 0.4) is 0 Å². The number of benzene rings is 1. The highest BCUT2D eigenvalue weighted by molar-refractivity contribution is 7.98. The van der Waals surface area contributed by atoms with Gasteiger partial charge in [0.05, 0.1) is 17.2 Å². The molecule has 3 atom stereocenters. The molecule has 2 heterocycles. The van der Waals surface area contributed by atoms with Crippen LogP contribution in [0.2, 0.25) is 0 Å². The third-order valence-electron chi connectivity index (χ3n) is 5.88. The van der Waals surface area contributed by atoms with E-state index in [-0.39, 0.29) is 11.9 Å². The second-order valence-electron chi connectivity index (χ2n) is 7.77. The first-order chi connectivity index (χ1) is 13.6. The molecule has 0 radical (unpaired) electrons. The summed E-state index contributed by atoms with van der Waals surface area (Å²) in [5.74, 6) is 2.04. The molecule has 6 heteroatoms. The molecule has 0 bridgehead atoms. The summed E-state index contributed by atoms with van der Waals surface area (Å²) in [6.45, 7) is 4.54. The van der Waals surface area contributed by atoms with E-state index >= 15 is 0 Å². The highest BCUT2D eigenvalue weighted by Gasteiger charge is 2.28. The molecule has 2 N–H and O–H groups in total. The smallest absolute Gasteiger partial charge is 0.251 e. The van der Waals surface area contributed by atoms with Crippen molar-refractivity contribution in [3.8, 4) is 0 Å². The Morgan fingerprint density at radius 1 is 1.21 bits per heavy atom. The Kier molecular flexibility index (Phi) is 5.67. The number of pyridine rings is 1. The van der Waals surface area contributed by atoms with Crippen LogP contribution in [-0.2, 0) is 5.75 Å². The number of nitrogens with zero attached hydrogens (tertiary/aromatic N) is 2. The first kappa shape index (κ1) is 19.0. The van der Waals surface area contributed by atoms with E-state index in [1.54, 1.807) is 24.2 Å². The van der Waals surface area contributed by atoms with E-state index in [1.807, 2.05) is 30.3 Å². The Morgan fingerprint density at radius 2 is 2.04 bits per heavy atom. The lowest BCUT2D eigenvalue weighted by molar-refractivity contribution is 0.0891. The van der Waals surface area contributed by atoms with Crippen molar-refractivity contribution in [2.75, 3.05) is 0 Å². The lowest BCUT2D eigenvalue weighted by Gasteiger charge is -2.34. The van der Waals surface area contributed by atoms with Gasteiger partial charge in [-0.15, -0.1) is 0 Å². The van der Waals surface area contributed by atoms with E-state index in [4.69, 9.17) is 0 Å². The first-order valence-corrected chi connectivity index (χ1v) is 10.9. The van der Waals surface area contributed by atoms with Crippen LogP contribution in [-0.4, -0.2) is 26.9 Å². The molecule has 0 spiro atoms. The molecule has 1 fully saturated rings. The highest BCUT2D eigenvalue weighted by Crippen LogP contribution is 2.29. The Bertz CT molecular complexity index is 920. The predicted octanol–water partition coefficient (Wildman–Crippen LogP) is 4.80. The second-order valence-corrected chi connectivity index (χ2v) is 8.73. The third kappa shape index (κ3) is 4.22. The Balaban J connectivity index is 1.34. The summed E-state index contributed by atoms with van der Waals surface area (Å²) >= 11 is 1.65. The maximum Gasteiger partial charge on any atom is 0.251 e. The minimum Gasteiger partial charge on any atom is -0.349 e. The molecule has 146 valence electrons. The molecule has 1 amide bonds. The number of aromatic nitrogens is 3. The highest BCUT2D eigenvalue weighted by atomic mass is 32.2. The Hall–Kier alpha value is -2.34. The van der Waals surface area contributed by atoms with Crippen molar-refractivity contribution >= 4 is 28.7 Å². The van der Waals surface area contributed by atoms with Gasteiger partial charge in [-0.2, -0.15) is 0 Å². The van der Waals surface area contributed by atoms with Gasteiger partial charge in [0.15, 0.2) is 5.16 Å². The standard InChI is InChI=1S/C22H26N4OS/c1-14-4-3-5-18(15(14)2)24-21(27)17-8-6-16(7-9-17)13-28-22-25-19-10-11-23-12-20(19)26-22/h6-12,14-15,18H,3-5,13H2,1-2H3,(H,24,27)(H,25,26)/t14-,15+,18+/m1/s1. The maximum atomic E-state index is 12.6. The molecular formula is C22H26N4OS. The van der Waals surface area contributed by atoms with Crippen molar-refractivity contribution in [1.29, 1.82) is 0 Å². The van der Waals surface area contributed by atoms with Crippen molar-refractivity contribution in [3.05, 3.63) is 53.9 Å². The fourth-order valence-electron chi connectivity index (χ4n) is 3.84. The number of carbonyl (C=O) groups excluding carboxylic acids is 1. The van der Waals surface area contributed by atoms with E-state index in [0.29, 0.717) is 11.8 Å². The summed E-state index contributed by atoms with van der Waals surface area (Å²) in [5.41, 5.74) is 3.77. The largest absolute Gasteiger partial charge is 0.349 e. The Morgan fingerprint density at radius 3 is 2.82 bits per heavy atom. The molecular weight excluding hydrogens is 368 g/mol. The second kappa shape index (κ2) is 8.35.